The fourth-order valence-electron chi connectivity index (χ4n) is 9.36. The van der Waals surface area contributed by atoms with E-state index in [-0.39, 0.29) is 47.3 Å². The Balaban J connectivity index is 1.19. The second-order valence-corrected chi connectivity index (χ2v) is 14.2. The fraction of sp³-hybridized carbons (Fsp3) is 0.605. The van der Waals surface area contributed by atoms with Crippen LogP contribution in [-0.2, 0) is 32.6 Å². The first-order valence-electron chi connectivity index (χ1n) is 17.3. The lowest BCUT2D eigenvalue weighted by molar-refractivity contribution is -0.146. The molecule has 0 unspecified atom stereocenters. The third-order valence-electron chi connectivity index (χ3n) is 11.0. The van der Waals surface area contributed by atoms with E-state index in [1.54, 1.807) is 6.92 Å². The summed E-state index contributed by atoms with van der Waals surface area (Å²) in [6.07, 6.45) is 10.6. The molecule has 1 amide bonds. The van der Waals surface area contributed by atoms with Crippen LogP contribution in [0.3, 0.4) is 0 Å². The molecule has 45 heavy (non-hydrogen) atoms. The lowest BCUT2D eigenvalue weighted by Crippen LogP contribution is -2.70. The Labute approximate surface area is 268 Å². The Hall–Kier alpha value is -3.19. The number of likely N-dealkylation sites (tertiary alicyclic amines) is 1. The van der Waals surface area contributed by atoms with Crippen molar-refractivity contribution in [2.45, 2.75) is 128 Å². The quantitative estimate of drug-likeness (QED) is 0.147. The number of nitrogens with zero attached hydrogens (tertiary/aromatic N) is 2. The Morgan fingerprint density at radius 2 is 1.76 bits per heavy atom. The smallest absolute Gasteiger partial charge is 0.308 e. The van der Waals surface area contributed by atoms with E-state index >= 15 is 0 Å². The third kappa shape index (κ3) is 6.05. The van der Waals surface area contributed by atoms with Crippen LogP contribution in [0.2, 0.25) is 0 Å². The molecule has 7 heteroatoms. The number of aryl methyl sites for hydroxylation is 1. The third-order valence-corrected chi connectivity index (χ3v) is 11.0. The highest BCUT2D eigenvalue weighted by molar-refractivity contribution is 5.78. The van der Waals surface area contributed by atoms with Gasteiger partial charge >= 0.3 is 5.97 Å². The molecule has 1 spiro atoms. The molecule has 2 aromatic rings. The molecule has 0 radical (unpaired) electrons. The van der Waals surface area contributed by atoms with Gasteiger partial charge in [-0.2, -0.15) is 0 Å². The summed E-state index contributed by atoms with van der Waals surface area (Å²) in [4.78, 5) is 42.8. The van der Waals surface area contributed by atoms with Gasteiger partial charge in [0, 0.05) is 36.4 Å². The molecule has 7 nitrogen and oxygen atoms in total. The van der Waals surface area contributed by atoms with Gasteiger partial charge in [0.15, 0.2) is 11.5 Å². The largest absolute Gasteiger partial charge is 0.483 e. The van der Waals surface area contributed by atoms with E-state index in [9.17, 15) is 14.4 Å². The van der Waals surface area contributed by atoms with Crippen LogP contribution >= 0.6 is 0 Å². The Bertz CT molecular complexity index is 1410. The number of amides is 1. The Kier molecular flexibility index (Phi) is 9.37. The molecule has 4 aliphatic rings. The van der Waals surface area contributed by atoms with Gasteiger partial charge in [0.05, 0.1) is 12.6 Å². The van der Waals surface area contributed by atoms with Crippen molar-refractivity contribution in [3.8, 4) is 11.5 Å². The van der Waals surface area contributed by atoms with Crippen LogP contribution in [-0.4, -0.2) is 64.8 Å². The van der Waals surface area contributed by atoms with E-state index in [0.29, 0.717) is 30.4 Å². The summed E-state index contributed by atoms with van der Waals surface area (Å²) < 4.78 is 12.7. The van der Waals surface area contributed by atoms with E-state index in [1.807, 2.05) is 6.07 Å². The van der Waals surface area contributed by atoms with Gasteiger partial charge in [0.2, 0.25) is 5.91 Å². The fourth-order valence-corrected chi connectivity index (χ4v) is 9.36. The molecular weight excluding hydrogens is 564 g/mol. The average Bonchev–Trinajstić information content (AvgIpc) is 3.35. The molecule has 1 saturated carbocycles. The molecule has 5 atom stereocenters. The number of piperidine rings is 1. The number of ketones is 1. The standard InChI is InChI=1S/C38H50N2O5/c1-25(2)40(34(43)16-12-7-5-6-9-13-28-14-10-8-11-15-28)31-19-18-30-32-23-29-17-20-33(44-27(4)42)36-35(29)38(30,37(31)45-36)21-22-39(32)24-26(3)41/h8,10-11,14-15,17,20,25,30-32,37H,5-7,9,12-13,16,18-19,21-24H2,1-4H3/t30-,31-,32+,37-,38-/m0/s1. The van der Waals surface area contributed by atoms with Crippen LogP contribution in [0.4, 0.5) is 0 Å². The zero-order chi connectivity index (χ0) is 31.7. The van der Waals surface area contributed by atoms with Gasteiger partial charge in [-0.15, -0.1) is 0 Å². The molecular formula is C38H50N2O5. The second kappa shape index (κ2) is 13.3. The second-order valence-electron chi connectivity index (χ2n) is 14.2. The van der Waals surface area contributed by atoms with Crippen LogP contribution in [0.1, 0.15) is 102 Å². The molecule has 2 aliphatic heterocycles. The zero-order valence-corrected chi connectivity index (χ0v) is 27.6. The Morgan fingerprint density at radius 1 is 1.00 bits per heavy atom. The molecule has 0 aromatic heterocycles. The highest BCUT2D eigenvalue weighted by atomic mass is 16.6. The van der Waals surface area contributed by atoms with Gasteiger partial charge in [-0.05, 0) is 95.4 Å². The normalized spacial score (nSPS) is 26.2. The van der Waals surface area contributed by atoms with Crippen LogP contribution in [0.25, 0.3) is 0 Å². The molecule has 0 N–H and O–H groups in total. The van der Waals surface area contributed by atoms with E-state index in [2.05, 4.69) is 60.0 Å². The number of hydrogen-bond acceptors (Lipinski definition) is 6. The van der Waals surface area contributed by atoms with Crippen molar-refractivity contribution in [1.29, 1.82) is 0 Å². The molecule has 1 saturated heterocycles. The number of esters is 1. The van der Waals surface area contributed by atoms with Crippen LogP contribution < -0.4 is 9.47 Å². The van der Waals surface area contributed by atoms with E-state index in [4.69, 9.17) is 9.47 Å². The number of unbranched alkanes of at least 4 members (excludes halogenated alkanes) is 4. The van der Waals surface area contributed by atoms with Crippen LogP contribution in [0, 0.1) is 5.92 Å². The maximum Gasteiger partial charge on any atom is 0.308 e. The summed E-state index contributed by atoms with van der Waals surface area (Å²) in [5.41, 5.74) is 3.57. The molecule has 6 rings (SSSR count). The first kappa shape index (κ1) is 31.8. The summed E-state index contributed by atoms with van der Waals surface area (Å²) in [7, 11) is 0. The number of carbonyl (C=O) groups excluding carboxylic acids is 3. The van der Waals surface area contributed by atoms with Crippen molar-refractivity contribution in [2.24, 2.45) is 5.92 Å². The van der Waals surface area contributed by atoms with Crippen molar-refractivity contribution in [1.82, 2.24) is 9.80 Å². The summed E-state index contributed by atoms with van der Waals surface area (Å²) in [5, 5.41) is 0. The van der Waals surface area contributed by atoms with Gasteiger partial charge in [0.25, 0.3) is 0 Å². The molecule has 242 valence electrons. The summed E-state index contributed by atoms with van der Waals surface area (Å²) >= 11 is 0. The van der Waals surface area contributed by atoms with E-state index in [0.717, 1.165) is 57.9 Å². The summed E-state index contributed by atoms with van der Waals surface area (Å²) in [6, 6.07) is 14.9. The molecule has 2 heterocycles. The molecule has 2 fully saturated rings. The minimum atomic E-state index is -0.362. The SMILES string of the molecule is CC(=O)CN1CC[C@]23c4c5ccc(OC(C)=O)c4O[C@H]2[C@@H](N(C(=O)CCCCCCCc2ccccc2)C(C)C)CC[C@H]3[C@H]1C5. The lowest BCUT2D eigenvalue weighted by Gasteiger charge is -2.60. The van der Waals surface area contributed by atoms with Gasteiger partial charge in [-0.25, -0.2) is 0 Å². The highest BCUT2D eigenvalue weighted by Crippen LogP contribution is 2.64. The Morgan fingerprint density at radius 3 is 2.49 bits per heavy atom. The van der Waals surface area contributed by atoms with Crippen molar-refractivity contribution in [3.63, 3.8) is 0 Å². The number of hydrogen-bond donors (Lipinski definition) is 0. The number of benzene rings is 2. The highest BCUT2D eigenvalue weighted by Gasteiger charge is 2.66. The summed E-state index contributed by atoms with van der Waals surface area (Å²) in [6.45, 7) is 8.66. The maximum absolute atomic E-state index is 14.0. The predicted octanol–water partition coefficient (Wildman–Crippen LogP) is 6.43. The molecule has 2 aliphatic carbocycles. The van der Waals surface area contributed by atoms with Crippen LogP contribution in [0.15, 0.2) is 42.5 Å². The predicted molar refractivity (Wildman–Crippen MR) is 175 cm³/mol. The van der Waals surface area contributed by atoms with Gasteiger partial charge in [-0.1, -0.05) is 55.7 Å². The average molecular weight is 615 g/mol. The van der Waals surface area contributed by atoms with Gasteiger partial charge in [0.1, 0.15) is 11.9 Å². The maximum atomic E-state index is 14.0. The number of ether oxygens (including phenoxy) is 2. The number of rotatable bonds is 13. The number of Topliss-reactive ketones (excluding diaryl/α,β-unsaturated/α-hetero) is 1. The van der Waals surface area contributed by atoms with Crippen molar-refractivity contribution < 1.29 is 23.9 Å². The van der Waals surface area contributed by atoms with Crippen molar-refractivity contribution in [2.75, 3.05) is 13.1 Å². The van der Waals surface area contributed by atoms with Crippen molar-refractivity contribution >= 4 is 17.7 Å². The van der Waals surface area contributed by atoms with Crippen LogP contribution in [0.5, 0.6) is 11.5 Å². The zero-order valence-electron chi connectivity index (χ0n) is 27.6. The lowest BCUT2D eigenvalue weighted by atomic mass is 9.51. The van der Waals surface area contributed by atoms with E-state index in [1.165, 1.54) is 36.5 Å². The van der Waals surface area contributed by atoms with E-state index < -0.39 is 0 Å². The molecule has 2 aromatic carbocycles. The summed E-state index contributed by atoms with van der Waals surface area (Å²) in [5.74, 6) is 1.57. The molecule has 2 bridgehead atoms. The number of carbonyl (C=O) groups is 3. The van der Waals surface area contributed by atoms with Crippen molar-refractivity contribution in [3.05, 3.63) is 59.2 Å². The first-order chi connectivity index (χ1) is 21.7. The minimum absolute atomic E-state index is 0.0526. The topological polar surface area (TPSA) is 76.2 Å². The van der Waals surface area contributed by atoms with Gasteiger partial charge in [-0.3, -0.25) is 19.3 Å². The minimum Gasteiger partial charge on any atom is -0.483 e. The monoisotopic (exact) mass is 614 g/mol. The first-order valence-corrected chi connectivity index (χ1v) is 17.3. The van der Waals surface area contributed by atoms with Gasteiger partial charge < -0.3 is 14.4 Å².